The molecule has 4 rings (SSSR count). The van der Waals surface area contributed by atoms with E-state index in [1.807, 2.05) is 47.6 Å². The first-order valence-electron chi connectivity index (χ1n) is 9.33. The molecule has 0 radical (unpaired) electrons. The molecule has 0 aliphatic carbocycles. The van der Waals surface area contributed by atoms with Crippen LogP contribution in [0.2, 0.25) is 0 Å². The molecule has 0 atom stereocenters. The Balaban J connectivity index is 0.00000225. The van der Waals surface area contributed by atoms with E-state index in [0.29, 0.717) is 11.8 Å². The number of aromatic nitrogens is 3. The van der Waals surface area contributed by atoms with Gasteiger partial charge in [-0.25, -0.2) is 9.50 Å². The number of halogens is 1. The highest BCUT2D eigenvalue weighted by molar-refractivity contribution is 7.99. The normalized spacial score (nSPS) is 14.6. The largest absolute Gasteiger partial charge is 0.496 e. The summed E-state index contributed by atoms with van der Waals surface area (Å²) in [5, 5.41) is 13.4. The minimum atomic E-state index is 0. The van der Waals surface area contributed by atoms with Crippen LogP contribution in [0.25, 0.3) is 5.65 Å². The Morgan fingerprint density at radius 2 is 2.07 bits per heavy atom. The molecule has 0 amide bonds. The molecule has 8 heteroatoms. The Kier molecular flexibility index (Phi) is 7.04. The van der Waals surface area contributed by atoms with E-state index in [-0.39, 0.29) is 12.4 Å². The van der Waals surface area contributed by atoms with Crippen molar-refractivity contribution in [2.24, 2.45) is 0 Å². The molecule has 0 bridgehead atoms. The van der Waals surface area contributed by atoms with Crippen molar-refractivity contribution >= 4 is 35.5 Å². The number of methoxy groups -OCH3 is 1. The number of ether oxygens (including phenoxy) is 1. The number of para-hydroxylation sites is 1. The average Bonchev–Trinajstić information content (AvgIpc) is 3.08. The van der Waals surface area contributed by atoms with Crippen molar-refractivity contribution in [3.8, 4) is 5.75 Å². The molecule has 0 unspecified atom stereocenters. The van der Waals surface area contributed by atoms with Crippen LogP contribution in [-0.4, -0.2) is 40.0 Å². The van der Waals surface area contributed by atoms with Gasteiger partial charge in [-0.3, -0.25) is 0 Å². The van der Waals surface area contributed by atoms with E-state index >= 15 is 0 Å². The Labute approximate surface area is 175 Å². The van der Waals surface area contributed by atoms with Gasteiger partial charge in [0.2, 0.25) is 0 Å². The monoisotopic (exact) mass is 419 g/mol. The van der Waals surface area contributed by atoms with Crippen molar-refractivity contribution in [1.82, 2.24) is 19.9 Å². The lowest BCUT2D eigenvalue weighted by Crippen LogP contribution is -2.29. The number of aryl methyl sites for hydroxylation is 1. The molecule has 3 aromatic rings. The van der Waals surface area contributed by atoms with Gasteiger partial charge in [0.25, 0.3) is 0 Å². The summed E-state index contributed by atoms with van der Waals surface area (Å²) in [7, 11) is 1.70. The van der Waals surface area contributed by atoms with Crippen molar-refractivity contribution in [2.45, 2.75) is 36.6 Å². The molecular weight excluding hydrogens is 394 g/mol. The summed E-state index contributed by atoms with van der Waals surface area (Å²) in [6.07, 6.45) is 4.23. The fourth-order valence-electron chi connectivity index (χ4n) is 3.37. The van der Waals surface area contributed by atoms with E-state index in [0.717, 1.165) is 46.5 Å². The van der Waals surface area contributed by atoms with Gasteiger partial charge in [0.1, 0.15) is 10.8 Å². The van der Waals surface area contributed by atoms with Gasteiger partial charge in [-0.05, 0) is 45.0 Å². The van der Waals surface area contributed by atoms with Crippen LogP contribution in [0.3, 0.4) is 0 Å². The lowest BCUT2D eigenvalue weighted by Gasteiger charge is -2.22. The van der Waals surface area contributed by atoms with Crippen LogP contribution in [0.1, 0.15) is 24.1 Å². The number of rotatable bonds is 6. The number of thioether (sulfide) groups is 1. The van der Waals surface area contributed by atoms with Crippen LogP contribution < -0.4 is 15.4 Å². The third-order valence-electron chi connectivity index (χ3n) is 4.85. The first kappa shape index (κ1) is 20.8. The Morgan fingerprint density at radius 3 is 2.86 bits per heavy atom. The third-order valence-corrected chi connectivity index (χ3v) is 6.10. The number of nitrogens with zero attached hydrogens (tertiary/aromatic N) is 3. The Morgan fingerprint density at radius 1 is 1.29 bits per heavy atom. The summed E-state index contributed by atoms with van der Waals surface area (Å²) in [5.41, 5.74) is 4.02. The molecule has 2 aromatic heterocycles. The van der Waals surface area contributed by atoms with Crippen LogP contribution in [0, 0.1) is 6.92 Å². The third kappa shape index (κ3) is 4.54. The highest BCUT2D eigenvalue weighted by atomic mass is 35.5. The maximum Gasteiger partial charge on any atom is 0.177 e. The fourth-order valence-corrected chi connectivity index (χ4v) is 4.50. The summed E-state index contributed by atoms with van der Waals surface area (Å²) >= 11 is 1.87. The Hall–Kier alpha value is -1.96. The zero-order chi connectivity index (χ0) is 18.6. The molecule has 2 N–H and O–H groups in total. The maximum absolute atomic E-state index is 5.47. The second kappa shape index (κ2) is 9.49. The molecule has 1 aliphatic heterocycles. The van der Waals surface area contributed by atoms with Crippen LogP contribution in [0.5, 0.6) is 5.75 Å². The zero-order valence-corrected chi connectivity index (χ0v) is 17.8. The van der Waals surface area contributed by atoms with Gasteiger partial charge in [0, 0.05) is 17.4 Å². The molecule has 6 nitrogen and oxygen atoms in total. The summed E-state index contributed by atoms with van der Waals surface area (Å²) in [6, 6.07) is 10.2. The summed E-state index contributed by atoms with van der Waals surface area (Å²) in [6.45, 7) is 4.88. The Bertz CT molecular complexity index is 926. The van der Waals surface area contributed by atoms with E-state index in [2.05, 4.69) is 27.8 Å². The molecule has 1 aliphatic rings. The van der Waals surface area contributed by atoms with Crippen molar-refractivity contribution in [3.63, 3.8) is 0 Å². The van der Waals surface area contributed by atoms with Crippen LogP contribution in [-0.2, 0) is 6.54 Å². The van der Waals surface area contributed by atoms with Gasteiger partial charge in [-0.1, -0.05) is 18.2 Å². The fraction of sp³-hybridized carbons (Fsp3) is 0.400. The van der Waals surface area contributed by atoms with E-state index in [1.54, 1.807) is 7.11 Å². The van der Waals surface area contributed by atoms with E-state index in [9.17, 15) is 0 Å². The number of hydrogen-bond donors (Lipinski definition) is 2. The van der Waals surface area contributed by atoms with Gasteiger partial charge in [-0.15, -0.1) is 24.2 Å². The first-order chi connectivity index (χ1) is 13.2. The van der Waals surface area contributed by atoms with Crippen molar-refractivity contribution < 1.29 is 4.74 Å². The molecule has 28 heavy (non-hydrogen) atoms. The number of anilines is 1. The highest BCUT2D eigenvalue weighted by Gasteiger charge is 2.17. The van der Waals surface area contributed by atoms with Gasteiger partial charge in [-0.2, -0.15) is 5.10 Å². The molecule has 0 spiro atoms. The number of hydrogen-bond acceptors (Lipinski definition) is 6. The molecular formula is C20H26ClN5OS. The molecule has 150 valence electrons. The maximum atomic E-state index is 5.47. The van der Waals surface area contributed by atoms with Crippen LogP contribution in [0.15, 0.2) is 41.6 Å². The van der Waals surface area contributed by atoms with E-state index in [4.69, 9.17) is 9.84 Å². The molecule has 3 heterocycles. The minimum absolute atomic E-state index is 0. The first-order valence-corrected chi connectivity index (χ1v) is 10.2. The van der Waals surface area contributed by atoms with Crippen molar-refractivity contribution in [1.29, 1.82) is 0 Å². The smallest absolute Gasteiger partial charge is 0.177 e. The van der Waals surface area contributed by atoms with Crippen molar-refractivity contribution in [2.75, 3.05) is 25.5 Å². The van der Waals surface area contributed by atoms with E-state index in [1.165, 1.54) is 12.8 Å². The van der Waals surface area contributed by atoms with Gasteiger partial charge in [0.15, 0.2) is 5.65 Å². The molecule has 1 fully saturated rings. The number of piperidine rings is 1. The standard InChI is InChI=1S/C20H25N5OS.ClH/c1-14-12-23-20-17(22-13-15-5-3-4-6-18(15)26-2)11-19(24-25(14)20)27-16-7-9-21-10-8-16;/h3-6,11-12,16,21-22H,7-10,13H2,1-2H3;1H. The van der Waals surface area contributed by atoms with Gasteiger partial charge in [0.05, 0.1) is 24.7 Å². The molecule has 0 saturated carbocycles. The SMILES string of the molecule is COc1ccccc1CNc1cc(SC2CCNCC2)nn2c(C)cnc12.Cl. The average molecular weight is 420 g/mol. The number of benzene rings is 1. The van der Waals surface area contributed by atoms with Crippen molar-refractivity contribution in [3.05, 3.63) is 47.8 Å². The summed E-state index contributed by atoms with van der Waals surface area (Å²) < 4.78 is 7.40. The van der Waals surface area contributed by atoms with Gasteiger partial charge >= 0.3 is 0 Å². The predicted octanol–water partition coefficient (Wildman–Crippen LogP) is 3.92. The lowest BCUT2D eigenvalue weighted by molar-refractivity contribution is 0.410. The van der Waals surface area contributed by atoms with Crippen LogP contribution >= 0.6 is 24.2 Å². The number of imidazole rings is 1. The number of fused-ring (bicyclic) bond motifs is 1. The minimum Gasteiger partial charge on any atom is -0.496 e. The van der Waals surface area contributed by atoms with E-state index < -0.39 is 0 Å². The second-order valence-corrected chi connectivity index (χ2v) is 8.08. The zero-order valence-electron chi connectivity index (χ0n) is 16.1. The van der Waals surface area contributed by atoms with Gasteiger partial charge < -0.3 is 15.4 Å². The molecule has 1 aromatic carbocycles. The predicted molar refractivity (Wildman–Crippen MR) is 117 cm³/mol. The molecule has 1 saturated heterocycles. The highest BCUT2D eigenvalue weighted by Crippen LogP contribution is 2.31. The second-order valence-electron chi connectivity index (χ2n) is 6.76. The quantitative estimate of drug-likeness (QED) is 0.631. The summed E-state index contributed by atoms with van der Waals surface area (Å²) in [4.78, 5) is 4.55. The summed E-state index contributed by atoms with van der Waals surface area (Å²) in [5.74, 6) is 0.888. The number of nitrogens with one attached hydrogen (secondary N) is 2. The topological polar surface area (TPSA) is 63.5 Å². The van der Waals surface area contributed by atoms with Crippen LogP contribution in [0.4, 0.5) is 5.69 Å². The lowest BCUT2D eigenvalue weighted by atomic mass is 10.2.